The van der Waals surface area contributed by atoms with Gasteiger partial charge in [0, 0.05) is 6.07 Å². The van der Waals surface area contributed by atoms with E-state index in [0.717, 1.165) is 32.4 Å². The highest BCUT2D eigenvalue weighted by atomic mass is 19.4. The lowest BCUT2D eigenvalue weighted by molar-refractivity contribution is -0.274. The molecule has 1 aromatic carbocycles. The monoisotopic (exact) mass is 362 g/mol. The maximum absolute atomic E-state index is 12.3. The number of anilines is 1. The van der Waals surface area contributed by atoms with E-state index in [-0.39, 0.29) is 11.3 Å². The number of amides is 1. The standard InChI is InChI=1S/C14H13F3N2O6/c1-23-11(20)6-10(13(22)24-2)19-9-5-7(25-14(15,16)17)3-4-8(9)12(18)21/h3-6,19H,1-2H3,(H2,18,21)/b10-6+. The van der Waals surface area contributed by atoms with Gasteiger partial charge >= 0.3 is 18.3 Å². The first-order valence-corrected chi connectivity index (χ1v) is 6.42. The largest absolute Gasteiger partial charge is 0.573 e. The molecule has 8 nitrogen and oxygen atoms in total. The molecular weight excluding hydrogens is 349 g/mol. The minimum Gasteiger partial charge on any atom is -0.466 e. The van der Waals surface area contributed by atoms with E-state index in [4.69, 9.17) is 5.73 Å². The van der Waals surface area contributed by atoms with E-state index in [1.54, 1.807) is 0 Å². The van der Waals surface area contributed by atoms with Crippen LogP contribution < -0.4 is 15.8 Å². The molecule has 1 amide bonds. The molecule has 136 valence electrons. The van der Waals surface area contributed by atoms with Crippen molar-refractivity contribution in [2.45, 2.75) is 6.36 Å². The number of nitrogens with one attached hydrogen (secondary N) is 1. The number of nitrogens with two attached hydrogens (primary N) is 1. The van der Waals surface area contributed by atoms with Gasteiger partial charge in [0.15, 0.2) is 0 Å². The van der Waals surface area contributed by atoms with Crippen LogP contribution in [-0.2, 0) is 19.1 Å². The van der Waals surface area contributed by atoms with Crippen LogP contribution in [0.15, 0.2) is 30.0 Å². The number of alkyl halides is 3. The maximum atomic E-state index is 12.3. The molecule has 3 N–H and O–H groups in total. The van der Waals surface area contributed by atoms with Crippen molar-refractivity contribution >= 4 is 23.5 Å². The van der Waals surface area contributed by atoms with Gasteiger partial charge in [-0.3, -0.25) is 4.79 Å². The van der Waals surface area contributed by atoms with Crippen molar-refractivity contribution in [2.24, 2.45) is 5.73 Å². The topological polar surface area (TPSA) is 117 Å². The third-order valence-corrected chi connectivity index (χ3v) is 2.63. The van der Waals surface area contributed by atoms with Gasteiger partial charge in [0.2, 0.25) is 0 Å². The van der Waals surface area contributed by atoms with Crippen molar-refractivity contribution in [3.63, 3.8) is 0 Å². The Balaban J connectivity index is 3.32. The number of rotatable bonds is 6. The van der Waals surface area contributed by atoms with Crippen molar-refractivity contribution in [3.05, 3.63) is 35.5 Å². The van der Waals surface area contributed by atoms with Crippen LogP contribution in [0, 0.1) is 0 Å². The van der Waals surface area contributed by atoms with Gasteiger partial charge in [-0.2, -0.15) is 0 Å². The van der Waals surface area contributed by atoms with E-state index >= 15 is 0 Å². The van der Waals surface area contributed by atoms with E-state index in [9.17, 15) is 27.6 Å². The van der Waals surface area contributed by atoms with Crippen molar-refractivity contribution in [1.29, 1.82) is 0 Å². The van der Waals surface area contributed by atoms with E-state index in [1.165, 1.54) is 0 Å². The summed E-state index contributed by atoms with van der Waals surface area (Å²) >= 11 is 0. The SMILES string of the molecule is COC(=O)/C=C(/Nc1cc(OC(F)(F)F)ccc1C(N)=O)C(=O)OC. The number of methoxy groups -OCH3 is 2. The Morgan fingerprint density at radius 1 is 1.16 bits per heavy atom. The number of ether oxygens (including phenoxy) is 3. The zero-order valence-electron chi connectivity index (χ0n) is 13.0. The molecule has 0 aliphatic rings. The van der Waals surface area contributed by atoms with Gasteiger partial charge in [0.25, 0.3) is 5.91 Å². The van der Waals surface area contributed by atoms with Crippen molar-refractivity contribution in [2.75, 3.05) is 19.5 Å². The lowest BCUT2D eigenvalue weighted by atomic mass is 10.1. The summed E-state index contributed by atoms with van der Waals surface area (Å²) in [5, 5.41) is 2.31. The molecule has 1 aromatic rings. The average Bonchev–Trinajstić information content (AvgIpc) is 2.51. The third kappa shape index (κ3) is 6.05. The summed E-state index contributed by atoms with van der Waals surface area (Å²) in [5.41, 5.74) is 4.07. The average molecular weight is 362 g/mol. The smallest absolute Gasteiger partial charge is 0.466 e. The summed E-state index contributed by atoms with van der Waals surface area (Å²) in [6.45, 7) is 0. The van der Waals surface area contributed by atoms with Crippen LogP contribution in [0.2, 0.25) is 0 Å². The molecule has 25 heavy (non-hydrogen) atoms. The van der Waals surface area contributed by atoms with Gasteiger partial charge in [-0.05, 0) is 12.1 Å². The Bertz CT molecular complexity index is 715. The first-order valence-electron chi connectivity index (χ1n) is 6.42. The number of carbonyl (C=O) groups is 3. The molecule has 0 bridgehead atoms. The summed E-state index contributed by atoms with van der Waals surface area (Å²) in [6, 6.07) is 2.60. The quantitative estimate of drug-likeness (QED) is 0.579. The number of primary amides is 1. The first kappa shape index (κ1) is 19.8. The lowest BCUT2D eigenvalue weighted by Crippen LogP contribution is -2.20. The molecule has 0 saturated heterocycles. The van der Waals surface area contributed by atoms with Crippen LogP contribution in [0.25, 0.3) is 0 Å². The molecule has 0 saturated carbocycles. The highest BCUT2D eigenvalue weighted by Crippen LogP contribution is 2.28. The summed E-state index contributed by atoms with van der Waals surface area (Å²) < 4.78 is 49.5. The number of benzene rings is 1. The summed E-state index contributed by atoms with van der Waals surface area (Å²) in [5.74, 6) is -3.66. The van der Waals surface area contributed by atoms with Crippen molar-refractivity contribution in [1.82, 2.24) is 0 Å². The zero-order chi connectivity index (χ0) is 19.2. The van der Waals surface area contributed by atoms with Gasteiger partial charge in [-0.25, -0.2) is 9.59 Å². The van der Waals surface area contributed by atoms with E-state index < -0.39 is 35.7 Å². The van der Waals surface area contributed by atoms with Crippen molar-refractivity contribution < 1.29 is 41.8 Å². The van der Waals surface area contributed by atoms with Crippen LogP contribution >= 0.6 is 0 Å². The minimum absolute atomic E-state index is 0.255. The summed E-state index contributed by atoms with van der Waals surface area (Å²) in [6.07, 6.45) is -4.29. The van der Waals surface area contributed by atoms with Crippen LogP contribution in [0.1, 0.15) is 10.4 Å². The molecule has 0 radical (unpaired) electrons. The minimum atomic E-state index is -4.97. The van der Waals surface area contributed by atoms with Crippen LogP contribution in [0.3, 0.4) is 0 Å². The molecule has 0 fully saturated rings. The molecule has 1 rings (SSSR count). The highest BCUT2D eigenvalue weighted by molar-refractivity contribution is 6.03. The van der Waals surface area contributed by atoms with Crippen LogP contribution in [-0.4, -0.2) is 38.4 Å². The first-order chi connectivity index (χ1) is 11.6. The fraction of sp³-hybridized carbons (Fsp3) is 0.214. The van der Waals surface area contributed by atoms with Gasteiger partial charge in [-0.1, -0.05) is 0 Å². The molecule has 0 aliphatic carbocycles. The molecule has 0 heterocycles. The number of hydrogen-bond acceptors (Lipinski definition) is 7. The van der Waals surface area contributed by atoms with Crippen LogP contribution in [0.5, 0.6) is 5.75 Å². The Kier molecular flexibility index (Phi) is 6.37. The van der Waals surface area contributed by atoms with E-state index in [2.05, 4.69) is 19.5 Å². The van der Waals surface area contributed by atoms with E-state index in [0.29, 0.717) is 6.08 Å². The predicted molar refractivity (Wildman–Crippen MR) is 77.4 cm³/mol. The Morgan fingerprint density at radius 2 is 1.80 bits per heavy atom. The molecule has 0 aliphatic heterocycles. The summed E-state index contributed by atoms with van der Waals surface area (Å²) in [4.78, 5) is 34.4. The number of hydrogen-bond donors (Lipinski definition) is 2. The summed E-state index contributed by atoms with van der Waals surface area (Å²) in [7, 11) is 2.05. The van der Waals surface area contributed by atoms with E-state index in [1.807, 2.05) is 0 Å². The van der Waals surface area contributed by atoms with Gasteiger partial charge in [0.05, 0.1) is 31.5 Å². The lowest BCUT2D eigenvalue weighted by Gasteiger charge is -2.14. The molecule has 0 aromatic heterocycles. The second-order valence-corrected chi connectivity index (χ2v) is 4.32. The third-order valence-electron chi connectivity index (χ3n) is 2.63. The highest BCUT2D eigenvalue weighted by Gasteiger charge is 2.31. The second-order valence-electron chi connectivity index (χ2n) is 4.32. The second kappa shape index (κ2) is 8.04. The van der Waals surface area contributed by atoms with Gasteiger partial charge < -0.3 is 25.3 Å². The van der Waals surface area contributed by atoms with Crippen molar-refractivity contribution in [3.8, 4) is 5.75 Å². The fourth-order valence-electron chi connectivity index (χ4n) is 1.62. The predicted octanol–water partition coefficient (Wildman–Crippen LogP) is 1.33. The molecule has 0 atom stereocenters. The zero-order valence-corrected chi connectivity index (χ0v) is 13.0. The number of halogens is 3. The molecule has 0 unspecified atom stereocenters. The maximum Gasteiger partial charge on any atom is 0.573 e. The van der Waals surface area contributed by atoms with Crippen LogP contribution in [0.4, 0.5) is 18.9 Å². The van der Waals surface area contributed by atoms with Gasteiger partial charge in [0.1, 0.15) is 11.4 Å². The molecule has 0 spiro atoms. The number of carbonyl (C=O) groups excluding carboxylic acids is 3. The fourth-order valence-corrected chi connectivity index (χ4v) is 1.62. The normalized spacial score (nSPS) is 11.5. The molecular formula is C14H13F3N2O6. The Hall–Kier alpha value is -3.24. The number of esters is 2. The Labute approximate surface area is 139 Å². The Morgan fingerprint density at radius 3 is 2.28 bits per heavy atom. The molecule has 11 heteroatoms. The van der Waals surface area contributed by atoms with Gasteiger partial charge in [-0.15, -0.1) is 13.2 Å².